The van der Waals surface area contributed by atoms with Gasteiger partial charge in [0.05, 0.1) is 25.0 Å². The second-order valence-electron chi connectivity index (χ2n) is 9.46. The zero-order valence-corrected chi connectivity index (χ0v) is 19.7. The molecule has 0 bridgehead atoms. The Balaban J connectivity index is 2.01. The molecule has 1 saturated heterocycles. The lowest BCUT2D eigenvalue weighted by Gasteiger charge is -2.42. The molecule has 0 aromatic rings. The van der Waals surface area contributed by atoms with Crippen molar-refractivity contribution in [3.8, 4) is 0 Å². The van der Waals surface area contributed by atoms with Crippen molar-refractivity contribution in [2.24, 2.45) is 11.8 Å². The van der Waals surface area contributed by atoms with E-state index in [1.807, 2.05) is 23.9 Å². The van der Waals surface area contributed by atoms with Crippen LogP contribution in [-0.2, 0) is 19.6 Å². The van der Waals surface area contributed by atoms with Crippen molar-refractivity contribution in [3.05, 3.63) is 0 Å². The molecule has 170 valence electrons. The molecule has 2 atom stereocenters. The van der Waals surface area contributed by atoms with Gasteiger partial charge in [0.1, 0.15) is 0 Å². The molecule has 1 saturated carbocycles. The first-order chi connectivity index (χ1) is 13.6. The SMILES string of the molecule is CC(C)C1CCC(OC[C@H]2[C@@H](NS(C)(=O)=O)CCCN2C(=O)CCN(C)C)CC1. The molecule has 1 aliphatic heterocycles. The number of hydrogen-bond acceptors (Lipinski definition) is 5. The average Bonchev–Trinajstić information content (AvgIpc) is 2.64. The van der Waals surface area contributed by atoms with Crippen molar-refractivity contribution < 1.29 is 17.9 Å². The van der Waals surface area contributed by atoms with Crippen LogP contribution in [-0.4, -0.2) is 82.4 Å². The molecule has 7 nitrogen and oxygen atoms in total. The Morgan fingerprint density at radius 3 is 2.38 bits per heavy atom. The van der Waals surface area contributed by atoms with E-state index in [1.165, 1.54) is 19.1 Å². The number of hydrogen-bond donors (Lipinski definition) is 1. The molecular weight excluding hydrogens is 390 g/mol. The Morgan fingerprint density at radius 1 is 1.17 bits per heavy atom. The van der Waals surface area contributed by atoms with Crippen molar-refractivity contribution in [2.45, 2.75) is 77.0 Å². The largest absolute Gasteiger partial charge is 0.376 e. The van der Waals surface area contributed by atoms with Gasteiger partial charge in [-0.15, -0.1) is 0 Å². The molecule has 1 aliphatic carbocycles. The number of piperidine rings is 1. The smallest absolute Gasteiger partial charge is 0.224 e. The second-order valence-corrected chi connectivity index (χ2v) is 11.2. The van der Waals surface area contributed by atoms with Crippen LogP contribution in [0.3, 0.4) is 0 Å². The number of carbonyl (C=O) groups excluding carboxylic acids is 1. The van der Waals surface area contributed by atoms with Gasteiger partial charge >= 0.3 is 0 Å². The van der Waals surface area contributed by atoms with Crippen molar-refractivity contribution >= 4 is 15.9 Å². The summed E-state index contributed by atoms with van der Waals surface area (Å²) in [4.78, 5) is 16.7. The van der Waals surface area contributed by atoms with Gasteiger partial charge in [0.25, 0.3) is 0 Å². The standard InChI is InChI=1S/C21H41N3O4S/c1-16(2)17-8-10-18(11-9-17)28-15-20-19(22-29(5,26)27)7-6-13-24(20)21(25)12-14-23(3)4/h16-20,22H,6-15H2,1-5H3/t17?,18?,19-,20-/m0/s1. The summed E-state index contributed by atoms with van der Waals surface area (Å²) in [5.41, 5.74) is 0. The first-order valence-corrected chi connectivity index (χ1v) is 13.0. The number of carbonyl (C=O) groups is 1. The number of nitrogens with zero attached hydrogens (tertiary/aromatic N) is 2. The second kappa shape index (κ2) is 11.1. The number of likely N-dealkylation sites (tertiary alicyclic amines) is 1. The quantitative estimate of drug-likeness (QED) is 0.605. The molecule has 8 heteroatoms. The minimum Gasteiger partial charge on any atom is -0.376 e. The number of amides is 1. The first-order valence-electron chi connectivity index (χ1n) is 11.1. The first kappa shape index (κ1) is 24.6. The summed E-state index contributed by atoms with van der Waals surface area (Å²) in [6.45, 7) is 6.33. The van der Waals surface area contributed by atoms with E-state index in [2.05, 4.69) is 18.6 Å². The summed E-state index contributed by atoms with van der Waals surface area (Å²) in [6, 6.07) is -0.523. The predicted octanol–water partition coefficient (Wildman–Crippen LogP) is 2.08. The van der Waals surface area contributed by atoms with Crippen LogP contribution in [0.15, 0.2) is 0 Å². The number of ether oxygens (including phenoxy) is 1. The number of nitrogens with one attached hydrogen (secondary N) is 1. The zero-order chi connectivity index (χ0) is 21.6. The van der Waals surface area contributed by atoms with Gasteiger partial charge in [0, 0.05) is 25.6 Å². The van der Waals surface area contributed by atoms with Crippen LogP contribution < -0.4 is 4.72 Å². The maximum Gasteiger partial charge on any atom is 0.224 e. The molecule has 0 aromatic carbocycles. The highest BCUT2D eigenvalue weighted by molar-refractivity contribution is 7.88. The molecule has 1 heterocycles. The fourth-order valence-corrected chi connectivity index (χ4v) is 5.43. The minimum absolute atomic E-state index is 0.0795. The predicted molar refractivity (Wildman–Crippen MR) is 116 cm³/mol. The van der Waals surface area contributed by atoms with Crippen LogP contribution in [0.2, 0.25) is 0 Å². The highest BCUT2D eigenvalue weighted by Crippen LogP contribution is 2.32. The maximum absolute atomic E-state index is 12.9. The Labute approximate surface area is 177 Å². The number of rotatable bonds is 9. The maximum atomic E-state index is 12.9. The fourth-order valence-electron chi connectivity index (χ4n) is 4.60. The Kier molecular flexibility index (Phi) is 9.38. The van der Waals surface area contributed by atoms with Crippen LogP contribution in [0, 0.1) is 11.8 Å². The van der Waals surface area contributed by atoms with E-state index >= 15 is 0 Å². The molecule has 29 heavy (non-hydrogen) atoms. The van der Waals surface area contributed by atoms with Gasteiger partial charge in [-0.3, -0.25) is 4.79 Å². The van der Waals surface area contributed by atoms with Crippen LogP contribution in [0.1, 0.15) is 58.8 Å². The summed E-state index contributed by atoms with van der Waals surface area (Å²) in [7, 11) is 0.557. The highest BCUT2D eigenvalue weighted by atomic mass is 32.2. The third-order valence-corrected chi connectivity index (χ3v) is 7.13. The monoisotopic (exact) mass is 431 g/mol. The van der Waals surface area contributed by atoms with Gasteiger partial charge in [-0.2, -0.15) is 0 Å². The topological polar surface area (TPSA) is 79.0 Å². The summed E-state index contributed by atoms with van der Waals surface area (Å²) in [5, 5.41) is 0. The molecule has 1 amide bonds. The third-order valence-electron chi connectivity index (χ3n) is 6.40. The van der Waals surface area contributed by atoms with E-state index in [4.69, 9.17) is 4.74 Å². The molecule has 0 radical (unpaired) electrons. The summed E-state index contributed by atoms with van der Waals surface area (Å²) in [6.07, 6.45) is 7.84. The molecule has 2 fully saturated rings. The molecule has 2 rings (SSSR count). The lowest BCUT2D eigenvalue weighted by Crippen LogP contribution is -2.59. The summed E-state index contributed by atoms with van der Waals surface area (Å²) >= 11 is 0. The van der Waals surface area contributed by atoms with E-state index in [0.717, 1.165) is 31.6 Å². The van der Waals surface area contributed by atoms with Crippen molar-refractivity contribution in [1.82, 2.24) is 14.5 Å². The molecule has 2 aliphatic rings. The van der Waals surface area contributed by atoms with Gasteiger partial charge in [-0.1, -0.05) is 13.8 Å². The van der Waals surface area contributed by atoms with Crippen LogP contribution in [0.25, 0.3) is 0 Å². The van der Waals surface area contributed by atoms with Crippen LogP contribution in [0.4, 0.5) is 0 Å². The van der Waals surface area contributed by atoms with E-state index < -0.39 is 10.0 Å². The van der Waals surface area contributed by atoms with Gasteiger partial charge in [0.2, 0.25) is 15.9 Å². The number of sulfonamides is 1. The van der Waals surface area contributed by atoms with Crippen LogP contribution in [0.5, 0.6) is 0 Å². The highest BCUT2D eigenvalue weighted by Gasteiger charge is 2.36. The molecule has 0 aromatic heterocycles. The Hall–Kier alpha value is -0.700. The Morgan fingerprint density at radius 2 is 1.83 bits per heavy atom. The molecule has 1 N–H and O–H groups in total. The lowest BCUT2D eigenvalue weighted by molar-refractivity contribution is -0.138. The van der Waals surface area contributed by atoms with Gasteiger partial charge in [0.15, 0.2) is 0 Å². The minimum atomic E-state index is -3.34. The summed E-state index contributed by atoms with van der Waals surface area (Å²) in [5.74, 6) is 1.56. The van der Waals surface area contributed by atoms with Crippen molar-refractivity contribution in [3.63, 3.8) is 0 Å². The Bertz CT molecular complexity index is 615. The lowest BCUT2D eigenvalue weighted by atomic mass is 9.80. The van der Waals surface area contributed by atoms with Gasteiger partial charge in [-0.05, 0) is 64.5 Å². The zero-order valence-electron chi connectivity index (χ0n) is 18.9. The average molecular weight is 432 g/mol. The van der Waals surface area contributed by atoms with Crippen LogP contribution >= 0.6 is 0 Å². The van der Waals surface area contributed by atoms with E-state index in [9.17, 15) is 13.2 Å². The van der Waals surface area contributed by atoms with Gasteiger partial charge < -0.3 is 14.5 Å². The summed E-state index contributed by atoms with van der Waals surface area (Å²) < 4.78 is 32.8. The molecular formula is C21H41N3O4S. The molecule has 0 unspecified atom stereocenters. The van der Waals surface area contributed by atoms with E-state index in [0.29, 0.717) is 32.0 Å². The fraction of sp³-hybridized carbons (Fsp3) is 0.952. The normalized spacial score (nSPS) is 28.9. The van der Waals surface area contributed by atoms with Gasteiger partial charge in [-0.25, -0.2) is 13.1 Å². The molecule has 0 spiro atoms. The van der Waals surface area contributed by atoms with E-state index in [-0.39, 0.29) is 24.1 Å². The van der Waals surface area contributed by atoms with Crippen molar-refractivity contribution in [1.29, 1.82) is 0 Å². The third kappa shape index (κ3) is 8.15. The van der Waals surface area contributed by atoms with Crippen molar-refractivity contribution in [2.75, 3.05) is 40.0 Å². The van der Waals surface area contributed by atoms with E-state index in [1.54, 1.807) is 0 Å².